The van der Waals surface area contributed by atoms with Crippen LogP contribution >= 0.6 is 0 Å². The summed E-state index contributed by atoms with van der Waals surface area (Å²) < 4.78 is 0. The third-order valence-electron chi connectivity index (χ3n) is 3.62. The summed E-state index contributed by atoms with van der Waals surface area (Å²) in [6, 6.07) is 5.51. The van der Waals surface area contributed by atoms with Crippen LogP contribution in [0.25, 0.3) is 0 Å². The van der Waals surface area contributed by atoms with Crippen LogP contribution in [0.15, 0.2) is 24.3 Å². The zero-order chi connectivity index (χ0) is 16.1. The molecule has 1 aliphatic rings. The molecule has 0 bridgehead atoms. The van der Waals surface area contributed by atoms with Gasteiger partial charge in [0.2, 0.25) is 0 Å². The van der Waals surface area contributed by atoms with Gasteiger partial charge in [-0.05, 0) is 12.6 Å². The van der Waals surface area contributed by atoms with Gasteiger partial charge in [-0.15, -0.1) is 0 Å². The summed E-state index contributed by atoms with van der Waals surface area (Å²) in [5.41, 5.74) is 0.0987. The predicted molar refractivity (Wildman–Crippen MR) is 80.4 cm³/mol. The third-order valence-corrected chi connectivity index (χ3v) is 3.62. The van der Waals surface area contributed by atoms with Crippen LogP contribution in [0.4, 0.5) is 11.4 Å². The van der Waals surface area contributed by atoms with Crippen molar-refractivity contribution in [1.29, 1.82) is 0 Å². The van der Waals surface area contributed by atoms with E-state index in [2.05, 4.69) is 10.2 Å². The van der Waals surface area contributed by atoms with Crippen LogP contribution in [0.5, 0.6) is 0 Å². The van der Waals surface area contributed by atoms with Crippen LogP contribution < -0.4 is 5.32 Å². The van der Waals surface area contributed by atoms with Crippen molar-refractivity contribution in [3.8, 4) is 0 Å². The number of benzene rings is 1. The highest BCUT2D eigenvalue weighted by Gasteiger charge is 2.25. The van der Waals surface area contributed by atoms with Crippen molar-refractivity contribution in [3.63, 3.8) is 0 Å². The number of amides is 2. The van der Waals surface area contributed by atoms with Crippen molar-refractivity contribution in [2.24, 2.45) is 0 Å². The lowest BCUT2D eigenvalue weighted by Gasteiger charge is -2.33. The summed E-state index contributed by atoms with van der Waals surface area (Å²) in [5.74, 6) is -1.38. The molecule has 2 amide bonds. The van der Waals surface area contributed by atoms with Crippen LogP contribution in [-0.2, 0) is 9.59 Å². The topological polar surface area (TPSA) is 95.8 Å². The highest BCUT2D eigenvalue weighted by Crippen LogP contribution is 2.17. The molecule has 0 spiro atoms. The molecule has 0 saturated carbocycles. The molecule has 118 valence electrons. The first-order chi connectivity index (χ1) is 10.5. The zero-order valence-electron chi connectivity index (χ0n) is 12.3. The number of nitro groups is 1. The molecule has 0 atom stereocenters. The first-order valence-corrected chi connectivity index (χ1v) is 7.08. The van der Waals surface area contributed by atoms with Gasteiger partial charge in [0.05, 0.1) is 4.92 Å². The fourth-order valence-corrected chi connectivity index (χ4v) is 2.29. The minimum absolute atomic E-state index is 0.137. The van der Waals surface area contributed by atoms with Gasteiger partial charge >= 0.3 is 11.8 Å². The van der Waals surface area contributed by atoms with E-state index < -0.39 is 16.7 Å². The molecule has 1 fully saturated rings. The lowest BCUT2D eigenvalue weighted by atomic mass is 10.2. The van der Waals surface area contributed by atoms with E-state index in [1.165, 1.54) is 29.2 Å². The molecule has 22 heavy (non-hydrogen) atoms. The number of carbonyl (C=O) groups excluding carboxylic acids is 2. The molecular weight excluding hydrogens is 288 g/mol. The van der Waals surface area contributed by atoms with Gasteiger partial charge in [-0.25, -0.2) is 0 Å². The normalized spacial score (nSPS) is 15.4. The number of rotatable bonds is 3. The van der Waals surface area contributed by atoms with Crippen molar-refractivity contribution in [1.82, 2.24) is 9.80 Å². The Kier molecular flexibility index (Phi) is 5.05. The molecular formula is C14H18N4O4. The highest BCUT2D eigenvalue weighted by atomic mass is 16.6. The van der Waals surface area contributed by atoms with Crippen molar-refractivity contribution in [2.75, 3.05) is 38.0 Å². The maximum atomic E-state index is 12.1. The van der Waals surface area contributed by atoms with Gasteiger partial charge in [0.1, 0.15) is 0 Å². The number of likely N-dealkylation sites (N-methyl/N-ethyl adjacent to an activating group) is 1. The molecule has 1 heterocycles. The smallest absolute Gasteiger partial charge is 0.313 e. The van der Waals surface area contributed by atoms with E-state index in [4.69, 9.17) is 0 Å². The maximum absolute atomic E-state index is 12.1. The number of hydrogen-bond donors (Lipinski definition) is 1. The van der Waals surface area contributed by atoms with Gasteiger partial charge in [-0.2, -0.15) is 0 Å². The van der Waals surface area contributed by atoms with Crippen molar-refractivity contribution >= 4 is 23.2 Å². The van der Waals surface area contributed by atoms with Crippen molar-refractivity contribution in [3.05, 3.63) is 34.4 Å². The van der Waals surface area contributed by atoms with E-state index in [9.17, 15) is 19.7 Å². The number of non-ortho nitro benzene ring substituents is 1. The number of hydrogen-bond acceptors (Lipinski definition) is 5. The van der Waals surface area contributed by atoms with E-state index in [-0.39, 0.29) is 11.4 Å². The predicted octanol–water partition coefficient (Wildman–Crippen LogP) is 0.697. The highest BCUT2D eigenvalue weighted by molar-refractivity contribution is 6.39. The minimum atomic E-state index is -0.773. The van der Waals surface area contributed by atoms with Gasteiger partial charge < -0.3 is 15.1 Å². The summed E-state index contributed by atoms with van der Waals surface area (Å²) in [5, 5.41) is 13.1. The Bertz CT molecular complexity index is 582. The van der Waals surface area contributed by atoms with E-state index in [0.717, 1.165) is 19.6 Å². The standard InChI is InChI=1S/C14H18N4O4/c1-2-16-6-8-17(9-7-16)14(20)13(19)15-11-4-3-5-12(10-11)18(21)22/h3-5,10H,2,6-9H2,1H3,(H,15,19). The molecule has 1 aliphatic heterocycles. The average molecular weight is 306 g/mol. The molecule has 0 aliphatic carbocycles. The maximum Gasteiger partial charge on any atom is 0.313 e. The summed E-state index contributed by atoms with van der Waals surface area (Å²) in [6.07, 6.45) is 0. The number of carbonyl (C=O) groups is 2. The Morgan fingerprint density at radius 3 is 2.55 bits per heavy atom. The summed E-state index contributed by atoms with van der Waals surface area (Å²) in [4.78, 5) is 37.9. The molecule has 1 aromatic carbocycles. The monoisotopic (exact) mass is 306 g/mol. The Morgan fingerprint density at radius 2 is 1.95 bits per heavy atom. The minimum Gasteiger partial charge on any atom is -0.332 e. The van der Waals surface area contributed by atoms with Crippen LogP contribution in [0.1, 0.15) is 6.92 Å². The first-order valence-electron chi connectivity index (χ1n) is 7.08. The molecule has 1 aromatic rings. The lowest BCUT2D eigenvalue weighted by Crippen LogP contribution is -2.51. The van der Waals surface area contributed by atoms with E-state index in [1.54, 1.807) is 0 Å². The second-order valence-corrected chi connectivity index (χ2v) is 4.99. The molecule has 0 aromatic heterocycles. The van der Waals surface area contributed by atoms with Gasteiger partial charge in [0, 0.05) is 44.0 Å². The summed E-state index contributed by atoms with van der Waals surface area (Å²) in [7, 11) is 0. The quantitative estimate of drug-likeness (QED) is 0.504. The van der Waals surface area contributed by atoms with Crippen molar-refractivity contribution < 1.29 is 14.5 Å². The van der Waals surface area contributed by atoms with Crippen LogP contribution in [0.3, 0.4) is 0 Å². The Morgan fingerprint density at radius 1 is 1.27 bits per heavy atom. The fraction of sp³-hybridized carbons (Fsp3) is 0.429. The van der Waals surface area contributed by atoms with Crippen LogP contribution in [0, 0.1) is 10.1 Å². The van der Waals surface area contributed by atoms with Crippen LogP contribution in [-0.4, -0.2) is 59.3 Å². The Hall–Kier alpha value is -2.48. The Balaban J connectivity index is 1.96. The molecule has 8 heteroatoms. The average Bonchev–Trinajstić information content (AvgIpc) is 2.54. The van der Waals surface area contributed by atoms with Gasteiger partial charge in [0.25, 0.3) is 5.69 Å². The number of piperazine rings is 1. The van der Waals surface area contributed by atoms with Gasteiger partial charge in [-0.1, -0.05) is 13.0 Å². The summed E-state index contributed by atoms with van der Waals surface area (Å²) >= 11 is 0. The molecule has 1 saturated heterocycles. The van der Waals surface area contributed by atoms with Crippen LogP contribution in [0.2, 0.25) is 0 Å². The fourth-order valence-electron chi connectivity index (χ4n) is 2.29. The lowest BCUT2D eigenvalue weighted by molar-refractivity contribution is -0.384. The Labute approximate surface area is 127 Å². The SMILES string of the molecule is CCN1CCN(C(=O)C(=O)Nc2cccc([N+](=O)[O-])c2)CC1. The van der Waals surface area contributed by atoms with E-state index >= 15 is 0 Å². The van der Waals surface area contributed by atoms with E-state index in [0.29, 0.717) is 13.1 Å². The first kappa shape index (κ1) is 15.9. The molecule has 0 unspecified atom stereocenters. The molecule has 1 N–H and O–H groups in total. The molecule has 8 nitrogen and oxygen atoms in total. The van der Waals surface area contributed by atoms with Crippen molar-refractivity contribution in [2.45, 2.75) is 6.92 Å². The number of nitro benzene ring substituents is 1. The summed E-state index contributed by atoms with van der Waals surface area (Å²) in [6.45, 7) is 5.47. The molecule has 0 radical (unpaired) electrons. The largest absolute Gasteiger partial charge is 0.332 e. The third kappa shape index (κ3) is 3.79. The number of nitrogens with one attached hydrogen (secondary N) is 1. The number of anilines is 1. The number of nitrogens with zero attached hydrogens (tertiary/aromatic N) is 3. The second kappa shape index (κ2) is 6.99. The molecule has 2 rings (SSSR count). The van der Waals surface area contributed by atoms with Gasteiger partial charge in [0.15, 0.2) is 0 Å². The van der Waals surface area contributed by atoms with Gasteiger partial charge in [-0.3, -0.25) is 19.7 Å². The van der Waals surface area contributed by atoms with E-state index in [1.807, 2.05) is 6.92 Å². The second-order valence-electron chi connectivity index (χ2n) is 4.99. The zero-order valence-corrected chi connectivity index (χ0v) is 12.3.